The van der Waals surface area contributed by atoms with Crippen molar-refractivity contribution in [3.05, 3.63) is 35.9 Å². The fourth-order valence-corrected chi connectivity index (χ4v) is 3.10. The third kappa shape index (κ3) is 6.17. The number of nitrogens with one attached hydrogen (secondary N) is 2. The van der Waals surface area contributed by atoms with E-state index in [4.69, 9.17) is 10.00 Å². The summed E-state index contributed by atoms with van der Waals surface area (Å²) in [5.41, 5.74) is 0.884. The Hall–Kier alpha value is -2.75. The molecule has 1 aliphatic rings. The molecule has 1 aromatic rings. The third-order valence-corrected chi connectivity index (χ3v) is 5.00. The average Bonchev–Trinajstić information content (AvgIpc) is 3.16. The zero-order valence-corrected chi connectivity index (χ0v) is 16.0. The highest BCUT2D eigenvalue weighted by Gasteiger charge is 2.29. The highest BCUT2D eigenvalue weighted by molar-refractivity contribution is 5.85. The number of benzene rings is 1. The summed E-state index contributed by atoms with van der Waals surface area (Å²) in [5.74, 6) is -0.282. The molecule has 7 nitrogen and oxygen atoms in total. The van der Waals surface area contributed by atoms with Crippen molar-refractivity contribution >= 4 is 12.0 Å². The molecule has 3 atom stereocenters. The SMILES string of the molecule is CC[C@H](C)[C@H](NC(=O)OCc1ccccc1)C(=O)NCC1CCCN1C#N. The standard InChI is InChI=1S/C20H28N4O3/c1-3-15(2)18(19(25)22-12-17-10-7-11-24(17)14-21)23-20(26)27-13-16-8-5-4-6-9-16/h4-6,8-9,15,17-18H,3,7,10-13H2,1-2H3,(H,22,25)(H,23,26)/t15-,17?,18-/m0/s1. The molecule has 1 saturated heterocycles. The number of alkyl carbamates (subject to hydrolysis) is 1. The van der Waals surface area contributed by atoms with Gasteiger partial charge in [-0.3, -0.25) is 4.79 Å². The Morgan fingerprint density at radius 2 is 2.11 bits per heavy atom. The summed E-state index contributed by atoms with van der Waals surface area (Å²) in [6.45, 7) is 5.17. The van der Waals surface area contributed by atoms with Crippen LogP contribution >= 0.6 is 0 Å². The molecule has 27 heavy (non-hydrogen) atoms. The van der Waals surface area contributed by atoms with Crippen molar-refractivity contribution in [3.8, 4) is 6.19 Å². The van der Waals surface area contributed by atoms with E-state index in [9.17, 15) is 9.59 Å². The molecule has 146 valence electrons. The van der Waals surface area contributed by atoms with E-state index in [1.54, 1.807) is 4.90 Å². The maximum absolute atomic E-state index is 12.6. The molecule has 1 aliphatic heterocycles. The third-order valence-electron chi connectivity index (χ3n) is 5.00. The molecule has 0 aromatic heterocycles. The first kappa shape index (κ1) is 20.6. The molecule has 0 bridgehead atoms. The molecule has 0 saturated carbocycles. The monoisotopic (exact) mass is 372 g/mol. The zero-order valence-electron chi connectivity index (χ0n) is 16.0. The minimum absolute atomic E-state index is 0.0292. The highest BCUT2D eigenvalue weighted by atomic mass is 16.5. The number of hydrogen-bond acceptors (Lipinski definition) is 5. The number of hydrogen-bond donors (Lipinski definition) is 2. The van der Waals surface area contributed by atoms with Crippen LogP contribution in [0.15, 0.2) is 30.3 Å². The van der Waals surface area contributed by atoms with Crippen molar-refractivity contribution in [1.82, 2.24) is 15.5 Å². The second kappa shape index (κ2) is 10.4. The van der Waals surface area contributed by atoms with Gasteiger partial charge < -0.3 is 20.3 Å². The topological polar surface area (TPSA) is 94.5 Å². The van der Waals surface area contributed by atoms with Crippen molar-refractivity contribution < 1.29 is 14.3 Å². The second-order valence-electron chi connectivity index (χ2n) is 6.90. The molecule has 0 spiro atoms. The van der Waals surface area contributed by atoms with E-state index in [1.807, 2.05) is 44.2 Å². The normalized spacial score (nSPS) is 18.3. The van der Waals surface area contributed by atoms with E-state index >= 15 is 0 Å². The zero-order chi connectivity index (χ0) is 19.6. The molecule has 2 amide bonds. The Morgan fingerprint density at radius 3 is 2.78 bits per heavy atom. The molecule has 2 N–H and O–H groups in total. The summed E-state index contributed by atoms with van der Waals surface area (Å²) in [6, 6.07) is 8.74. The number of ether oxygens (including phenoxy) is 1. The van der Waals surface area contributed by atoms with E-state index in [-0.39, 0.29) is 24.5 Å². The predicted molar refractivity (Wildman–Crippen MR) is 101 cm³/mol. The van der Waals surface area contributed by atoms with Crippen LogP contribution in [0.2, 0.25) is 0 Å². The molecule has 1 aromatic carbocycles. The first-order valence-corrected chi connectivity index (χ1v) is 9.46. The van der Waals surface area contributed by atoms with E-state index in [0.29, 0.717) is 6.54 Å². The number of likely N-dealkylation sites (tertiary alicyclic amines) is 1. The van der Waals surface area contributed by atoms with Gasteiger partial charge >= 0.3 is 6.09 Å². The van der Waals surface area contributed by atoms with Gasteiger partial charge in [0, 0.05) is 13.1 Å². The van der Waals surface area contributed by atoms with Gasteiger partial charge in [0.15, 0.2) is 6.19 Å². The van der Waals surface area contributed by atoms with E-state index in [1.165, 1.54) is 0 Å². The van der Waals surface area contributed by atoms with E-state index < -0.39 is 12.1 Å². The smallest absolute Gasteiger partial charge is 0.408 e. The Bertz CT molecular complexity index is 659. The van der Waals surface area contributed by atoms with Crippen LogP contribution in [0.25, 0.3) is 0 Å². The lowest BCUT2D eigenvalue weighted by Gasteiger charge is -2.25. The highest BCUT2D eigenvalue weighted by Crippen LogP contribution is 2.15. The molecule has 1 heterocycles. The Balaban J connectivity index is 1.86. The molecular formula is C20H28N4O3. The molecule has 7 heteroatoms. The van der Waals surface area contributed by atoms with Gasteiger partial charge in [-0.25, -0.2) is 4.79 Å². The van der Waals surface area contributed by atoms with Gasteiger partial charge in [-0.15, -0.1) is 0 Å². The van der Waals surface area contributed by atoms with Gasteiger partial charge in [0.2, 0.25) is 5.91 Å². The lowest BCUT2D eigenvalue weighted by molar-refractivity contribution is -0.124. The predicted octanol–water partition coefficient (Wildman–Crippen LogP) is 2.39. The van der Waals surface area contributed by atoms with Crippen molar-refractivity contribution in [2.24, 2.45) is 5.92 Å². The second-order valence-corrected chi connectivity index (χ2v) is 6.90. The molecule has 1 fully saturated rings. The van der Waals surface area contributed by atoms with Gasteiger partial charge in [-0.05, 0) is 24.3 Å². The Morgan fingerprint density at radius 1 is 1.37 bits per heavy atom. The van der Waals surface area contributed by atoms with Gasteiger partial charge in [0.25, 0.3) is 0 Å². The Labute approximate surface area is 160 Å². The maximum atomic E-state index is 12.6. The average molecular weight is 372 g/mol. The lowest BCUT2D eigenvalue weighted by atomic mass is 9.98. The fraction of sp³-hybridized carbons (Fsp3) is 0.550. The number of carbonyl (C=O) groups is 2. The quantitative estimate of drug-likeness (QED) is 0.683. The molecule has 0 radical (unpaired) electrons. The molecule has 1 unspecified atom stereocenters. The van der Waals surface area contributed by atoms with Crippen molar-refractivity contribution in [3.63, 3.8) is 0 Å². The molecule has 0 aliphatic carbocycles. The summed E-state index contributed by atoms with van der Waals surface area (Å²) < 4.78 is 5.23. The van der Waals surface area contributed by atoms with Gasteiger partial charge in [0.1, 0.15) is 12.6 Å². The van der Waals surface area contributed by atoms with Crippen LogP contribution in [0.3, 0.4) is 0 Å². The van der Waals surface area contributed by atoms with Crippen LogP contribution in [0.5, 0.6) is 0 Å². The van der Waals surface area contributed by atoms with Crippen LogP contribution in [-0.2, 0) is 16.1 Å². The Kier molecular flexibility index (Phi) is 7.93. The van der Waals surface area contributed by atoms with Gasteiger partial charge in [0.05, 0.1) is 6.04 Å². The number of carbonyl (C=O) groups excluding carboxylic acids is 2. The number of amides is 2. The summed E-state index contributed by atoms with van der Waals surface area (Å²) in [4.78, 5) is 26.5. The van der Waals surface area contributed by atoms with Crippen molar-refractivity contribution in [2.45, 2.75) is 51.8 Å². The summed E-state index contributed by atoms with van der Waals surface area (Å²) in [6.07, 6.45) is 4.12. The first-order chi connectivity index (χ1) is 13.0. The summed E-state index contributed by atoms with van der Waals surface area (Å²) >= 11 is 0. The summed E-state index contributed by atoms with van der Waals surface area (Å²) in [5, 5.41) is 14.7. The number of nitrogens with zero attached hydrogens (tertiary/aromatic N) is 2. The lowest BCUT2D eigenvalue weighted by Crippen LogP contribution is -2.52. The molecular weight excluding hydrogens is 344 g/mol. The van der Waals surface area contributed by atoms with Crippen LogP contribution in [0.4, 0.5) is 4.79 Å². The van der Waals surface area contributed by atoms with Crippen LogP contribution in [-0.4, -0.2) is 42.1 Å². The first-order valence-electron chi connectivity index (χ1n) is 9.46. The van der Waals surface area contributed by atoms with E-state index in [0.717, 1.165) is 31.4 Å². The van der Waals surface area contributed by atoms with Crippen LogP contribution in [0, 0.1) is 17.4 Å². The van der Waals surface area contributed by atoms with Crippen LogP contribution < -0.4 is 10.6 Å². The minimum Gasteiger partial charge on any atom is -0.445 e. The minimum atomic E-state index is -0.671. The maximum Gasteiger partial charge on any atom is 0.408 e. The van der Waals surface area contributed by atoms with Crippen LogP contribution in [0.1, 0.15) is 38.7 Å². The van der Waals surface area contributed by atoms with Gasteiger partial charge in [-0.2, -0.15) is 5.26 Å². The number of nitriles is 1. The summed E-state index contributed by atoms with van der Waals surface area (Å²) in [7, 11) is 0. The largest absolute Gasteiger partial charge is 0.445 e. The van der Waals surface area contributed by atoms with Crippen molar-refractivity contribution in [2.75, 3.05) is 13.1 Å². The van der Waals surface area contributed by atoms with E-state index in [2.05, 4.69) is 16.8 Å². The van der Waals surface area contributed by atoms with Gasteiger partial charge in [-0.1, -0.05) is 50.6 Å². The number of rotatable bonds is 8. The fourth-order valence-electron chi connectivity index (χ4n) is 3.10. The van der Waals surface area contributed by atoms with Crippen molar-refractivity contribution in [1.29, 1.82) is 5.26 Å². The molecule has 2 rings (SSSR count).